The zero-order valence-electron chi connectivity index (χ0n) is 9.60. The molecule has 0 radical (unpaired) electrons. The molecule has 1 rings (SSSR count). The van der Waals surface area contributed by atoms with Crippen molar-refractivity contribution in [2.45, 2.75) is 26.7 Å². The summed E-state index contributed by atoms with van der Waals surface area (Å²) in [5, 5.41) is 4.27. The van der Waals surface area contributed by atoms with E-state index in [0.29, 0.717) is 5.41 Å². The third-order valence-electron chi connectivity index (χ3n) is 2.58. The maximum absolute atomic E-state index is 3.69. The molecular weight excluding hydrogens is 416 g/mol. The summed E-state index contributed by atoms with van der Waals surface area (Å²) in [6, 6.07) is 2.24. The Hall–Kier alpha value is 1.14. The van der Waals surface area contributed by atoms with Gasteiger partial charge in [0.2, 0.25) is 0 Å². The van der Waals surface area contributed by atoms with Crippen LogP contribution in [0.2, 0.25) is 0 Å². The van der Waals surface area contributed by atoms with Gasteiger partial charge in [0.05, 0.1) is 0 Å². The predicted octanol–water partition coefficient (Wildman–Crippen LogP) is 5.88. The molecule has 0 atom stereocenters. The van der Waals surface area contributed by atoms with Crippen LogP contribution < -0.4 is 0 Å². The second-order valence-corrected chi connectivity index (χ2v) is 7.81. The fraction of sp³-hybridized carbons (Fsp3) is 0.667. The SMILES string of the molecule is CC(C)CC(CBr)(CBr)Cc1cc(Br)cs1. The fourth-order valence-corrected chi connectivity index (χ4v) is 5.40. The molecule has 0 aliphatic heterocycles. The van der Waals surface area contributed by atoms with Crippen LogP contribution in [0, 0.1) is 11.3 Å². The highest BCUT2D eigenvalue weighted by Crippen LogP contribution is 2.37. The van der Waals surface area contributed by atoms with Gasteiger partial charge >= 0.3 is 0 Å². The van der Waals surface area contributed by atoms with Crippen molar-refractivity contribution in [3.8, 4) is 0 Å². The van der Waals surface area contributed by atoms with E-state index < -0.39 is 0 Å². The molecule has 0 fully saturated rings. The van der Waals surface area contributed by atoms with E-state index in [1.54, 1.807) is 0 Å². The zero-order valence-corrected chi connectivity index (χ0v) is 15.2. The number of halogens is 3. The highest BCUT2D eigenvalue weighted by molar-refractivity contribution is 9.10. The van der Waals surface area contributed by atoms with E-state index in [1.807, 2.05) is 11.3 Å². The molecule has 16 heavy (non-hydrogen) atoms. The molecule has 1 aromatic rings. The van der Waals surface area contributed by atoms with Crippen LogP contribution in [0.4, 0.5) is 0 Å². The minimum atomic E-state index is 0.346. The van der Waals surface area contributed by atoms with Crippen molar-refractivity contribution in [2.24, 2.45) is 11.3 Å². The van der Waals surface area contributed by atoms with Crippen molar-refractivity contribution in [1.82, 2.24) is 0 Å². The highest BCUT2D eigenvalue weighted by Gasteiger charge is 2.29. The summed E-state index contributed by atoms with van der Waals surface area (Å²) in [6.45, 7) is 4.59. The van der Waals surface area contributed by atoms with Gasteiger partial charge in [0, 0.05) is 25.4 Å². The minimum Gasteiger partial charge on any atom is -0.148 e. The molecule has 0 aromatic carbocycles. The van der Waals surface area contributed by atoms with Crippen LogP contribution >= 0.6 is 59.1 Å². The Morgan fingerprint density at radius 2 is 1.94 bits per heavy atom. The standard InChI is InChI=1S/C12H17Br3S/c1-9(2)4-12(7-13,8-14)5-11-3-10(15)6-16-11/h3,6,9H,4-5,7-8H2,1-2H3. The fourth-order valence-electron chi connectivity index (χ4n) is 1.99. The van der Waals surface area contributed by atoms with Crippen molar-refractivity contribution in [3.05, 3.63) is 20.8 Å². The van der Waals surface area contributed by atoms with E-state index >= 15 is 0 Å². The first-order chi connectivity index (χ1) is 7.51. The molecule has 0 spiro atoms. The lowest BCUT2D eigenvalue weighted by molar-refractivity contribution is 0.306. The van der Waals surface area contributed by atoms with Gasteiger partial charge in [-0.1, -0.05) is 45.7 Å². The number of thiophene rings is 1. The van der Waals surface area contributed by atoms with Gasteiger partial charge in [0.15, 0.2) is 0 Å². The monoisotopic (exact) mass is 430 g/mol. The van der Waals surface area contributed by atoms with Gasteiger partial charge in [0.1, 0.15) is 0 Å². The van der Waals surface area contributed by atoms with E-state index in [-0.39, 0.29) is 0 Å². The summed E-state index contributed by atoms with van der Waals surface area (Å²) >= 11 is 12.7. The molecule has 92 valence electrons. The Labute approximate surface area is 128 Å². The van der Waals surface area contributed by atoms with Crippen LogP contribution in [-0.4, -0.2) is 10.7 Å². The maximum Gasteiger partial charge on any atom is 0.0285 e. The van der Waals surface area contributed by atoms with E-state index in [9.17, 15) is 0 Å². The quantitative estimate of drug-likeness (QED) is 0.492. The second-order valence-electron chi connectivity index (χ2n) is 4.77. The van der Waals surface area contributed by atoms with Gasteiger partial charge in [-0.15, -0.1) is 11.3 Å². The van der Waals surface area contributed by atoms with Crippen molar-refractivity contribution < 1.29 is 0 Å². The number of rotatable bonds is 6. The third kappa shape index (κ3) is 4.43. The van der Waals surface area contributed by atoms with Gasteiger partial charge in [-0.05, 0) is 46.2 Å². The van der Waals surface area contributed by atoms with Crippen LogP contribution in [0.1, 0.15) is 25.1 Å². The summed E-state index contributed by atoms with van der Waals surface area (Å²) in [7, 11) is 0. The third-order valence-corrected chi connectivity index (χ3v) is 6.66. The van der Waals surface area contributed by atoms with Crippen molar-refractivity contribution in [3.63, 3.8) is 0 Å². The Bertz CT molecular complexity index is 316. The predicted molar refractivity (Wildman–Crippen MR) is 85.2 cm³/mol. The minimum absolute atomic E-state index is 0.346. The first-order valence-corrected chi connectivity index (χ1v) is 9.28. The molecule has 0 saturated heterocycles. The molecular formula is C12H17Br3S. The van der Waals surface area contributed by atoms with Gasteiger partial charge in [-0.2, -0.15) is 0 Å². The molecule has 0 amide bonds. The first kappa shape index (κ1) is 15.2. The van der Waals surface area contributed by atoms with Gasteiger partial charge < -0.3 is 0 Å². The number of hydrogen-bond donors (Lipinski definition) is 0. The molecule has 0 unspecified atom stereocenters. The lowest BCUT2D eigenvalue weighted by Gasteiger charge is -2.31. The van der Waals surface area contributed by atoms with Gasteiger partial charge in [0.25, 0.3) is 0 Å². The smallest absolute Gasteiger partial charge is 0.0285 e. The molecule has 0 saturated carbocycles. The van der Waals surface area contributed by atoms with Crippen LogP contribution in [0.5, 0.6) is 0 Å². The van der Waals surface area contributed by atoms with E-state index in [1.165, 1.54) is 15.8 Å². The Kier molecular flexibility index (Phi) is 6.56. The van der Waals surface area contributed by atoms with E-state index in [4.69, 9.17) is 0 Å². The molecule has 4 heteroatoms. The molecule has 0 N–H and O–H groups in total. The van der Waals surface area contributed by atoms with Crippen molar-refractivity contribution in [1.29, 1.82) is 0 Å². The summed E-state index contributed by atoms with van der Waals surface area (Å²) in [5.74, 6) is 0.735. The molecule has 1 heterocycles. The summed E-state index contributed by atoms with van der Waals surface area (Å²) in [4.78, 5) is 1.46. The van der Waals surface area contributed by atoms with Crippen LogP contribution in [0.15, 0.2) is 15.9 Å². The summed E-state index contributed by atoms with van der Waals surface area (Å²) < 4.78 is 1.20. The molecule has 0 aliphatic carbocycles. The molecule has 0 nitrogen and oxygen atoms in total. The first-order valence-electron chi connectivity index (χ1n) is 5.36. The lowest BCUT2D eigenvalue weighted by Crippen LogP contribution is -2.29. The Morgan fingerprint density at radius 1 is 1.31 bits per heavy atom. The topological polar surface area (TPSA) is 0 Å². The van der Waals surface area contributed by atoms with E-state index in [2.05, 4.69) is 73.1 Å². The van der Waals surface area contributed by atoms with Crippen LogP contribution in [0.25, 0.3) is 0 Å². The van der Waals surface area contributed by atoms with Gasteiger partial charge in [-0.25, -0.2) is 0 Å². The normalized spacial score (nSPS) is 12.4. The second kappa shape index (κ2) is 6.91. The van der Waals surface area contributed by atoms with Crippen LogP contribution in [0.3, 0.4) is 0 Å². The average Bonchev–Trinajstić information content (AvgIpc) is 2.62. The zero-order chi connectivity index (χ0) is 12.2. The van der Waals surface area contributed by atoms with Gasteiger partial charge in [-0.3, -0.25) is 0 Å². The van der Waals surface area contributed by atoms with Crippen molar-refractivity contribution in [2.75, 3.05) is 10.7 Å². The van der Waals surface area contributed by atoms with E-state index in [0.717, 1.165) is 23.0 Å². The average molecular weight is 433 g/mol. The Balaban J connectivity index is 2.77. The number of hydrogen-bond acceptors (Lipinski definition) is 1. The largest absolute Gasteiger partial charge is 0.148 e. The lowest BCUT2D eigenvalue weighted by atomic mass is 9.80. The highest BCUT2D eigenvalue weighted by atomic mass is 79.9. The molecule has 0 bridgehead atoms. The summed E-state index contributed by atoms with van der Waals surface area (Å²) in [5.41, 5.74) is 0.346. The van der Waals surface area contributed by atoms with Crippen LogP contribution in [-0.2, 0) is 6.42 Å². The van der Waals surface area contributed by atoms with Crippen molar-refractivity contribution >= 4 is 59.1 Å². The molecule has 0 aliphatic rings. The number of alkyl halides is 2. The maximum atomic E-state index is 3.69. The summed E-state index contributed by atoms with van der Waals surface area (Å²) in [6.07, 6.45) is 2.40. The Morgan fingerprint density at radius 3 is 2.31 bits per heavy atom. The molecule has 1 aromatic heterocycles.